The first-order chi connectivity index (χ1) is 10.1. The van der Waals surface area contributed by atoms with Crippen LogP contribution in [0.4, 0.5) is 0 Å². The lowest BCUT2D eigenvalue weighted by atomic mass is 10.00. The normalized spacial score (nSPS) is 10.8. The van der Waals surface area contributed by atoms with E-state index in [0.717, 1.165) is 10.8 Å². The lowest BCUT2D eigenvalue weighted by Crippen LogP contribution is -2.04. The third-order valence-electron chi connectivity index (χ3n) is 3.47. The number of halogens is 2. The number of carbonyl (C=O) groups excluding carboxylic acids is 1. The predicted molar refractivity (Wildman–Crippen MR) is 88.4 cm³/mol. The Kier molecular flexibility index (Phi) is 3.96. The van der Waals surface area contributed by atoms with Crippen LogP contribution >= 0.6 is 23.2 Å². The van der Waals surface area contributed by atoms with E-state index in [1.54, 1.807) is 18.2 Å². The van der Waals surface area contributed by atoms with Gasteiger partial charge < -0.3 is 0 Å². The van der Waals surface area contributed by atoms with Gasteiger partial charge in [-0.2, -0.15) is 0 Å². The summed E-state index contributed by atoms with van der Waals surface area (Å²) in [6.45, 7) is 0. The van der Waals surface area contributed by atoms with Gasteiger partial charge in [-0.3, -0.25) is 4.79 Å². The van der Waals surface area contributed by atoms with Gasteiger partial charge in [0.25, 0.3) is 0 Å². The van der Waals surface area contributed by atoms with E-state index >= 15 is 0 Å². The van der Waals surface area contributed by atoms with Crippen molar-refractivity contribution in [1.82, 2.24) is 0 Å². The molecule has 0 saturated heterocycles. The SMILES string of the molecule is O=C(Cc1c(Cl)cccc1Cl)c1ccc2ccccc2c1. The zero-order valence-corrected chi connectivity index (χ0v) is 12.7. The van der Waals surface area contributed by atoms with E-state index in [4.69, 9.17) is 23.2 Å². The van der Waals surface area contributed by atoms with Gasteiger partial charge in [0.1, 0.15) is 0 Å². The molecule has 0 heterocycles. The Morgan fingerprint density at radius 1 is 0.810 bits per heavy atom. The van der Waals surface area contributed by atoms with Crippen LogP contribution in [-0.2, 0) is 6.42 Å². The minimum absolute atomic E-state index is 0.00996. The Bertz CT molecular complexity index is 804. The third-order valence-corrected chi connectivity index (χ3v) is 4.18. The minimum atomic E-state index is 0.00996. The van der Waals surface area contributed by atoms with Crippen LogP contribution in [0.2, 0.25) is 10.0 Å². The second-order valence-electron chi connectivity index (χ2n) is 4.86. The average Bonchev–Trinajstić information content (AvgIpc) is 2.50. The Labute approximate surface area is 133 Å². The topological polar surface area (TPSA) is 17.1 Å². The summed E-state index contributed by atoms with van der Waals surface area (Å²) < 4.78 is 0. The zero-order valence-electron chi connectivity index (χ0n) is 11.1. The van der Waals surface area contributed by atoms with E-state index < -0.39 is 0 Å². The van der Waals surface area contributed by atoms with Gasteiger partial charge in [-0.1, -0.05) is 65.7 Å². The highest BCUT2D eigenvalue weighted by molar-refractivity contribution is 6.36. The summed E-state index contributed by atoms with van der Waals surface area (Å²) in [5.74, 6) is 0.00996. The molecule has 0 atom stereocenters. The molecule has 0 fully saturated rings. The van der Waals surface area contributed by atoms with Crippen molar-refractivity contribution in [3.63, 3.8) is 0 Å². The molecule has 0 spiro atoms. The van der Waals surface area contributed by atoms with Crippen LogP contribution in [0, 0.1) is 0 Å². The largest absolute Gasteiger partial charge is 0.294 e. The van der Waals surface area contributed by atoms with E-state index in [1.807, 2.05) is 42.5 Å². The van der Waals surface area contributed by atoms with Crippen LogP contribution in [-0.4, -0.2) is 5.78 Å². The Hall–Kier alpha value is -1.83. The van der Waals surface area contributed by atoms with Crippen LogP contribution in [0.25, 0.3) is 10.8 Å². The van der Waals surface area contributed by atoms with Gasteiger partial charge in [0.05, 0.1) is 0 Å². The van der Waals surface area contributed by atoms with E-state index in [1.165, 1.54) is 0 Å². The molecule has 0 amide bonds. The fourth-order valence-corrected chi connectivity index (χ4v) is 2.86. The summed E-state index contributed by atoms with van der Waals surface area (Å²) in [6, 6.07) is 18.9. The lowest BCUT2D eigenvalue weighted by molar-refractivity contribution is 0.0993. The molecular formula is C18H12Cl2O. The number of rotatable bonds is 3. The molecule has 21 heavy (non-hydrogen) atoms. The maximum Gasteiger partial charge on any atom is 0.167 e. The summed E-state index contributed by atoms with van der Waals surface area (Å²) in [5.41, 5.74) is 1.35. The molecule has 1 nitrogen and oxygen atoms in total. The van der Waals surface area contributed by atoms with Crippen LogP contribution < -0.4 is 0 Å². The van der Waals surface area contributed by atoms with Crippen molar-refractivity contribution in [2.24, 2.45) is 0 Å². The van der Waals surface area contributed by atoms with Crippen molar-refractivity contribution >= 4 is 39.8 Å². The first kappa shape index (κ1) is 14.1. The van der Waals surface area contributed by atoms with Gasteiger partial charge in [-0.15, -0.1) is 0 Å². The molecule has 3 heteroatoms. The van der Waals surface area contributed by atoms with E-state index in [-0.39, 0.29) is 12.2 Å². The summed E-state index contributed by atoms with van der Waals surface area (Å²) in [4.78, 5) is 12.4. The van der Waals surface area contributed by atoms with Crippen molar-refractivity contribution in [2.75, 3.05) is 0 Å². The van der Waals surface area contributed by atoms with Crippen molar-refractivity contribution in [1.29, 1.82) is 0 Å². The lowest BCUT2D eigenvalue weighted by Gasteiger charge is -2.07. The molecule has 0 aliphatic carbocycles. The molecule has 0 aliphatic heterocycles. The Morgan fingerprint density at radius 3 is 2.19 bits per heavy atom. The number of hydrogen-bond donors (Lipinski definition) is 0. The van der Waals surface area contributed by atoms with Crippen LogP contribution in [0.3, 0.4) is 0 Å². The number of carbonyl (C=O) groups is 1. The highest BCUT2D eigenvalue weighted by Crippen LogP contribution is 2.26. The van der Waals surface area contributed by atoms with Gasteiger partial charge in [0.2, 0.25) is 0 Å². The molecule has 0 saturated carbocycles. The van der Waals surface area contributed by atoms with Crippen molar-refractivity contribution < 1.29 is 4.79 Å². The van der Waals surface area contributed by atoms with Gasteiger partial charge in [0.15, 0.2) is 5.78 Å². The predicted octanol–water partition coefficient (Wildman–Crippen LogP) is 5.57. The molecule has 104 valence electrons. The smallest absolute Gasteiger partial charge is 0.167 e. The first-order valence-electron chi connectivity index (χ1n) is 6.60. The molecule has 0 N–H and O–H groups in total. The van der Waals surface area contributed by atoms with Crippen molar-refractivity contribution in [3.05, 3.63) is 81.8 Å². The van der Waals surface area contributed by atoms with Crippen LogP contribution in [0.1, 0.15) is 15.9 Å². The monoisotopic (exact) mass is 314 g/mol. The number of hydrogen-bond acceptors (Lipinski definition) is 1. The number of Topliss-reactive ketones (excluding diaryl/α,β-unsaturated/α-hetero) is 1. The number of ketones is 1. The summed E-state index contributed by atoms with van der Waals surface area (Å²) >= 11 is 12.2. The maximum absolute atomic E-state index is 12.4. The van der Waals surface area contributed by atoms with E-state index in [2.05, 4.69) is 0 Å². The molecule has 0 unspecified atom stereocenters. The van der Waals surface area contributed by atoms with Gasteiger partial charge >= 0.3 is 0 Å². The standard InChI is InChI=1S/C18H12Cl2O/c19-16-6-3-7-17(20)15(16)11-18(21)14-9-8-12-4-1-2-5-13(12)10-14/h1-10H,11H2. The molecule has 3 aromatic carbocycles. The summed E-state index contributed by atoms with van der Waals surface area (Å²) in [6.07, 6.45) is 0.205. The zero-order chi connectivity index (χ0) is 14.8. The summed E-state index contributed by atoms with van der Waals surface area (Å²) in [5, 5.41) is 3.21. The second kappa shape index (κ2) is 5.88. The minimum Gasteiger partial charge on any atom is -0.294 e. The van der Waals surface area contributed by atoms with Gasteiger partial charge in [-0.05, 0) is 34.5 Å². The van der Waals surface area contributed by atoms with E-state index in [9.17, 15) is 4.79 Å². The summed E-state index contributed by atoms with van der Waals surface area (Å²) in [7, 11) is 0. The average molecular weight is 315 g/mol. The fraction of sp³-hybridized carbons (Fsp3) is 0.0556. The molecule has 3 aromatic rings. The van der Waals surface area contributed by atoms with Crippen molar-refractivity contribution in [2.45, 2.75) is 6.42 Å². The number of fused-ring (bicyclic) bond motifs is 1. The first-order valence-corrected chi connectivity index (χ1v) is 7.35. The Morgan fingerprint density at radius 2 is 1.48 bits per heavy atom. The molecule has 0 radical (unpaired) electrons. The van der Waals surface area contributed by atoms with Crippen LogP contribution in [0.5, 0.6) is 0 Å². The van der Waals surface area contributed by atoms with E-state index in [0.29, 0.717) is 21.2 Å². The molecule has 0 bridgehead atoms. The van der Waals surface area contributed by atoms with Crippen LogP contribution in [0.15, 0.2) is 60.7 Å². The quantitative estimate of drug-likeness (QED) is 0.577. The van der Waals surface area contributed by atoms with Gasteiger partial charge in [-0.25, -0.2) is 0 Å². The Balaban J connectivity index is 1.94. The van der Waals surface area contributed by atoms with Crippen molar-refractivity contribution in [3.8, 4) is 0 Å². The number of benzene rings is 3. The molecule has 0 aliphatic rings. The molecule has 0 aromatic heterocycles. The molecular weight excluding hydrogens is 303 g/mol. The highest BCUT2D eigenvalue weighted by atomic mass is 35.5. The fourth-order valence-electron chi connectivity index (χ4n) is 2.33. The highest BCUT2D eigenvalue weighted by Gasteiger charge is 2.13. The second-order valence-corrected chi connectivity index (χ2v) is 5.68. The van der Waals surface area contributed by atoms with Gasteiger partial charge in [0, 0.05) is 22.0 Å². The maximum atomic E-state index is 12.4. The third kappa shape index (κ3) is 2.94. The molecule has 3 rings (SSSR count).